The van der Waals surface area contributed by atoms with Gasteiger partial charge in [0.2, 0.25) is 0 Å². The number of para-hydroxylation sites is 1. The maximum absolute atomic E-state index is 6.77. The van der Waals surface area contributed by atoms with Gasteiger partial charge in [0.15, 0.2) is 5.82 Å². The normalized spacial score (nSPS) is 12.9. The van der Waals surface area contributed by atoms with Gasteiger partial charge in [-0.1, -0.05) is 182 Å². The maximum atomic E-state index is 6.77. The van der Waals surface area contributed by atoms with E-state index < -0.39 is 5.41 Å². The Bertz CT molecular complexity index is 2830. The molecular formula is C53H34N2O. The number of fused-ring (bicyclic) bond motifs is 9. The van der Waals surface area contributed by atoms with E-state index in [0.717, 1.165) is 61.8 Å². The van der Waals surface area contributed by atoms with Gasteiger partial charge in [-0.15, -0.1) is 0 Å². The molecule has 3 nitrogen and oxygen atoms in total. The third-order valence-corrected chi connectivity index (χ3v) is 11.4. The van der Waals surface area contributed by atoms with Gasteiger partial charge in [-0.25, -0.2) is 9.97 Å². The number of nitrogens with zero attached hydrogens (tertiary/aromatic N) is 2. The Morgan fingerprint density at radius 3 is 1.46 bits per heavy atom. The zero-order valence-corrected chi connectivity index (χ0v) is 30.4. The molecular weight excluding hydrogens is 681 g/mol. The van der Waals surface area contributed by atoms with Crippen LogP contribution in [0.4, 0.5) is 0 Å². The van der Waals surface area contributed by atoms with Crippen molar-refractivity contribution in [2.24, 2.45) is 0 Å². The minimum absolute atomic E-state index is 0.460. The summed E-state index contributed by atoms with van der Waals surface area (Å²) in [5.74, 6) is 2.50. The van der Waals surface area contributed by atoms with E-state index in [9.17, 15) is 0 Å². The van der Waals surface area contributed by atoms with Crippen LogP contribution in [0, 0.1) is 0 Å². The molecule has 1 spiro atoms. The Kier molecular flexibility index (Phi) is 7.39. The fourth-order valence-corrected chi connectivity index (χ4v) is 8.82. The molecule has 0 saturated carbocycles. The summed E-state index contributed by atoms with van der Waals surface area (Å²) in [6.45, 7) is 0. The van der Waals surface area contributed by atoms with Crippen LogP contribution in [-0.4, -0.2) is 9.97 Å². The predicted molar refractivity (Wildman–Crippen MR) is 227 cm³/mol. The van der Waals surface area contributed by atoms with Crippen molar-refractivity contribution >= 4 is 0 Å². The number of hydrogen-bond acceptors (Lipinski definition) is 3. The molecule has 0 N–H and O–H groups in total. The minimum atomic E-state index is -0.460. The zero-order chi connectivity index (χ0) is 37.1. The van der Waals surface area contributed by atoms with Gasteiger partial charge in [0, 0.05) is 27.8 Å². The van der Waals surface area contributed by atoms with Gasteiger partial charge in [-0.2, -0.15) is 0 Å². The second kappa shape index (κ2) is 12.9. The summed E-state index contributed by atoms with van der Waals surface area (Å²) in [6.07, 6.45) is 0. The largest absolute Gasteiger partial charge is 0.457 e. The van der Waals surface area contributed by atoms with Crippen LogP contribution in [0.3, 0.4) is 0 Å². The summed E-state index contributed by atoms with van der Waals surface area (Å²) < 4.78 is 6.77. The number of benzene rings is 8. The monoisotopic (exact) mass is 714 g/mol. The van der Waals surface area contributed by atoms with Gasteiger partial charge in [0.1, 0.15) is 11.5 Å². The van der Waals surface area contributed by atoms with E-state index in [4.69, 9.17) is 14.7 Å². The quantitative estimate of drug-likeness (QED) is 0.178. The highest BCUT2D eigenvalue weighted by Gasteiger charge is 2.50. The molecule has 1 aliphatic heterocycles. The lowest BCUT2D eigenvalue weighted by Crippen LogP contribution is -2.32. The van der Waals surface area contributed by atoms with Crippen molar-refractivity contribution in [2.75, 3.05) is 0 Å². The zero-order valence-electron chi connectivity index (χ0n) is 30.4. The number of hydrogen-bond donors (Lipinski definition) is 0. The van der Waals surface area contributed by atoms with Crippen molar-refractivity contribution in [3.63, 3.8) is 0 Å². The van der Waals surface area contributed by atoms with Crippen molar-refractivity contribution in [3.05, 3.63) is 229 Å². The average molecular weight is 715 g/mol. The molecule has 0 unspecified atom stereocenters. The van der Waals surface area contributed by atoms with Gasteiger partial charge in [0.25, 0.3) is 0 Å². The van der Waals surface area contributed by atoms with Crippen LogP contribution >= 0.6 is 0 Å². The molecule has 2 heterocycles. The van der Waals surface area contributed by atoms with Gasteiger partial charge in [-0.3, -0.25) is 0 Å². The van der Waals surface area contributed by atoms with E-state index >= 15 is 0 Å². The van der Waals surface area contributed by atoms with E-state index in [1.807, 2.05) is 36.4 Å². The molecule has 0 atom stereocenters. The molecule has 1 aromatic heterocycles. The van der Waals surface area contributed by atoms with Crippen LogP contribution in [0.2, 0.25) is 0 Å². The first kappa shape index (κ1) is 32.1. The third kappa shape index (κ3) is 5.05. The van der Waals surface area contributed by atoms with Crippen molar-refractivity contribution in [2.45, 2.75) is 5.41 Å². The Hall–Kier alpha value is -7.36. The van der Waals surface area contributed by atoms with E-state index in [-0.39, 0.29) is 0 Å². The predicted octanol–water partition coefficient (Wildman–Crippen LogP) is 13.3. The van der Waals surface area contributed by atoms with Gasteiger partial charge >= 0.3 is 0 Å². The molecule has 9 aromatic rings. The Balaban J connectivity index is 0.962. The molecule has 2 aliphatic rings. The van der Waals surface area contributed by atoms with Crippen LogP contribution in [0.15, 0.2) is 206 Å². The van der Waals surface area contributed by atoms with Crippen molar-refractivity contribution in [1.82, 2.24) is 9.97 Å². The maximum Gasteiger partial charge on any atom is 0.160 e. The third-order valence-electron chi connectivity index (χ3n) is 11.4. The Morgan fingerprint density at radius 2 is 0.786 bits per heavy atom. The summed E-state index contributed by atoms with van der Waals surface area (Å²) in [6, 6.07) is 73.0. The summed E-state index contributed by atoms with van der Waals surface area (Å²) >= 11 is 0. The molecule has 3 heteroatoms. The van der Waals surface area contributed by atoms with Crippen LogP contribution in [0.1, 0.15) is 22.3 Å². The topological polar surface area (TPSA) is 35.0 Å². The molecule has 0 fully saturated rings. The van der Waals surface area contributed by atoms with Crippen molar-refractivity contribution < 1.29 is 4.74 Å². The number of aromatic nitrogens is 2. The molecule has 262 valence electrons. The van der Waals surface area contributed by atoms with Crippen LogP contribution in [-0.2, 0) is 5.41 Å². The molecule has 8 aromatic carbocycles. The summed E-state index contributed by atoms with van der Waals surface area (Å²) in [7, 11) is 0. The van der Waals surface area contributed by atoms with Crippen LogP contribution in [0.25, 0.3) is 67.3 Å². The van der Waals surface area contributed by atoms with Crippen LogP contribution < -0.4 is 4.74 Å². The summed E-state index contributed by atoms with van der Waals surface area (Å²) in [5, 5.41) is 0. The van der Waals surface area contributed by atoms with Crippen molar-refractivity contribution in [1.29, 1.82) is 0 Å². The van der Waals surface area contributed by atoms with Gasteiger partial charge in [-0.05, 0) is 68.8 Å². The molecule has 1 aliphatic carbocycles. The molecule has 11 rings (SSSR count). The fraction of sp³-hybridized carbons (Fsp3) is 0.0189. The second-order valence-electron chi connectivity index (χ2n) is 14.5. The fourth-order valence-electron chi connectivity index (χ4n) is 8.82. The second-order valence-corrected chi connectivity index (χ2v) is 14.5. The standard InChI is InChI=1S/C53H34N2O/c1-3-14-37(15-4-1)48-34-49(55-52(54-48)38-16-5-2-6-17-38)41-19-13-18-39(32-41)35-26-28-36(29-27-35)40-30-31-47-51(33-40)56-50-25-12-11-24-46(50)53(47)44-22-9-7-20-42(44)43-21-8-10-23-45(43)53/h1-34H. The lowest BCUT2D eigenvalue weighted by Gasteiger charge is -2.39. The van der Waals surface area contributed by atoms with Crippen molar-refractivity contribution in [3.8, 4) is 78.8 Å². The van der Waals surface area contributed by atoms with Crippen LogP contribution in [0.5, 0.6) is 11.5 Å². The highest BCUT2D eigenvalue weighted by molar-refractivity contribution is 5.89. The van der Waals surface area contributed by atoms with E-state index in [2.05, 4.69) is 170 Å². The summed E-state index contributed by atoms with van der Waals surface area (Å²) in [5.41, 5.74) is 16.4. The molecule has 0 bridgehead atoms. The lowest BCUT2D eigenvalue weighted by atomic mass is 9.66. The molecule has 56 heavy (non-hydrogen) atoms. The number of ether oxygens (including phenoxy) is 1. The van der Waals surface area contributed by atoms with E-state index in [1.54, 1.807) is 0 Å². The van der Waals surface area contributed by atoms with Gasteiger partial charge < -0.3 is 4.74 Å². The molecule has 0 radical (unpaired) electrons. The first-order valence-corrected chi connectivity index (χ1v) is 19.1. The summed E-state index contributed by atoms with van der Waals surface area (Å²) in [4.78, 5) is 10.0. The molecule has 0 saturated heterocycles. The highest BCUT2D eigenvalue weighted by Crippen LogP contribution is 2.62. The smallest absolute Gasteiger partial charge is 0.160 e. The molecule has 0 amide bonds. The average Bonchev–Trinajstić information content (AvgIpc) is 3.57. The first-order chi connectivity index (χ1) is 27.7. The van der Waals surface area contributed by atoms with E-state index in [1.165, 1.54) is 33.4 Å². The first-order valence-electron chi connectivity index (χ1n) is 19.1. The minimum Gasteiger partial charge on any atom is -0.457 e. The highest BCUT2D eigenvalue weighted by atomic mass is 16.5. The van der Waals surface area contributed by atoms with E-state index in [0.29, 0.717) is 5.82 Å². The Labute approximate surface area is 326 Å². The lowest BCUT2D eigenvalue weighted by molar-refractivity contribution is 0.436. The van der Waals surface area contributed by atoms with Gasteiger partial charge in [0.05, 0.1) is 16.8 Å². The number of rotatable bonds is 5. The Morgan fingerprint density at radius 1 is 0.304 bits per heavy atom. The SMILES string of the molecule is c1ccc(-c2cc(-c3cccc(-c4ccc(-c5ccc6c(c5)Oc5ccccc5C65c6ccccc6-c6ccccc65)cc4)c3)nc(-c3ccccc3)n2)cc1.